The molecule has 0 bridgehead atoms. The number of aryl methyl sites for hydroxylation is 1. The van der Waals surface area contributed by atoms with Gasteiger partial charge in [0.15, 0.2) is 5.60 Å². The largest absolute Gasteiger partial charge is 0.478 e. The normalized spacial score (nSPS) is 10.8. The number of hydrogen-bond donors (Lipinski definition) is 2. The fourth-order valence-corrected chi connectivity index (χ4v) is 2.48. The van der Waals surface area contributed by atoms with Crippen LogP contribution in [0.5, 0.6) is 5.75 Å². The van der Waals surface area contributed by atoms with Gasteiger partial charge in [0.2, 0.25) is 0 Å². The van der Waals surface area contributed by atoms with Gasteiger partial charge >= 0.3 is 0 Å². The van der Waals surface area contributed by atoms with Crippen LogP contribution in [0.25, 0.3) is 0 Å². The van der Waals surface area contributed by atoms with Gasteiger partial charge in [0.1, 0.15) is 12.4 Å². The van der Waals surface area contributed by atoms with Crippen molar-refractivity contribution in [3.05, 3.63) is 59.1 Å². The number of anilines is 1. The van der Waals surface area contributed by atoms with E-state index in [0.29, 0.717) is 17.3 Å². The molecule has 144 valence electrons. The van der Waals surface area contributed by atoms with Crippen molar-refractivity contribution in [1.29, 1.82) is 0 Å². The van der Waals surface area contributed by atoms with Crippen molar-refractivity contribution in [2.45, 2.75) is 26.4 Å². The Morgan fingerprint density at radius 1 is 1.11 bits per heavy atom. The van der Waals surface area contributed by atoms with Gasteiger partial charge in [-0.2, -0.15) is 0 Å². The molecule has 1 amide bonds. The molecule has 0 atom stereocenters. The van der Waals surface area contributed by atoms with E-state index in [-0.39, 0.29) is 17.7 Å². The summed E-state index contributed by atoms with van der Waals surface area (Å²) >= 11 is 11.0. The third-order valence-corrected chi connectivity index (χ3v) is 4.12. The smallest absolute Gasteiger partial charge is 0.263 e. The Balaban J connectivity index is 1.71. The second kappa shape index (κ2) is 9.58. The van der Waals surface area contributed by atoms with Crippen molar-refractivity contribution >= 4 is 40.6 Å². The minimum atomic E-state index is -1.03. The Morgan fingerprint density at radius 2 is 1.74 bits per heavy atom. The number of thiocarbonyl (C=S) groups is 1. The number of halogens is 1. The summed E-state index contributed by atoms with van der Waals surface area (Å²) in [6, 6.07) is 14.7. The van der Waals surface area contributed by atoms with E-state index in [1.807, 2.05) is 31.2 Å². The van der Waals surface area contributed by atoms with Crippen LogP contribution >= 0.6 is 23.8 Å². The predicted molar refractivity (Wildman–Crippen MR) is 113 cm³/mol. The molecule has 27 heavy (non-hydrogen) atoms. The van der Waals surface area contributed by atoms with Gasteiger partial charge in [-0.05, 0) is 69.4 Å². The first-order valence-electron chi connectivity index (χ1n) is 8.49. The molecule has 0 aliphatic carbocycles. The van der Waals surface area contributed by atoms with E-state index < -0.39 is 5.60 Å². The molecule has 0 radical (unpaired) electrons. The number of amides is 1. The first-order chi connectivity index (χ1) is 12.8. The summed E-state index contributed by atoms with van der Waals surface area (Å²) in [6.45, 7) is 5.96. The van der Waals surface area contributed by atoms with Crippen molar-refractivity contribution in [3.8, 4) is 5.75 Å². The van der Waals surface area contributed by atoms with E-state index in [9.17, 15) is 4.79 Å². The van der Waals surface area contributed by atoms with Crippen LogP contribution < -0.4 is 15.4 Å². The zero-order chi connectivity index (χ0) is 19.9. The lowest BCUT2D eigenvalue weighted by Crippen LogP contribution is -2.47. The number of carbonyl (C=O) groups excluding carboxylic acids is 1. The van der Waals surface area contributed by atoms with Crippen molar-refractivity contribution in [3.63, 3.8) is 0 Å². The van der Waals surface area contributed by atoms with E-state index in [4.69, 9.17) is 33.3 Å². The zero-order valence-electron chi connectivity index (χ0n) is 15.5. The Kier molecular flexibility index (Phi) is 7.45. The van der Waals surface area contributed by atoms with Crippen molar-refractivity contribution < 1.29 is 14.3 Å². The fraction of sp³-hybridized carbons (Fsp3) is 0.300. The van der Waals surface area contributed by atoms with Gasteiger partial charge in [-0.3, -0.25) is 4.79 Å². The monoisotopic (exact) mass is 406 g/mol. The molecule has 0 aliphatic rings. The third-order valence-electron chi connectivity index (χ3n) is 3.65. The second-order valence-corrected chi connectivity index (χ2v) is 7.26. The van der Waals surface area contributed by atoms with Gasteiger partial charge in [-0.25, -0.2) is 0 Å². The highest BCUT2D eigenvalue weighted by Crippen LogP contribution is 2.21. The molecular formula is C20H23ClN2O3S. The van der Waals surface area contributed by atoms with Gasteiger partial charge in [-0.15, -0.1) is 0 Å². The highest BCUT2D eigenvalue weighted by atomic mass is 35.5. The number of nitrogens with one attached hydrogen (secondary N) is 2. The Labute approximate surface area is 170 Å². The van der Waals surface area contributed by atoms with Crippen LogP contribution in [0.15, 0.2) is 48.5 Å². The van der Waals surface area contributed by atoms with Crippen LogP contribution in [0.2, 0.25) is 5.02 Å². The Morgan fingerprint density at radius 3 is 2.37 bits per heavy atom. The van der Waals surface area contributed by atoms with Gasteiger partial charge in [0.25, 0.3) is 11.1 Å². The maximum absolute atomic E-state index is 12.3. The Hall–Kier alpha value is -2.31. The maximum Gasteiger partial charge on any atom is 0.263 e. The van der Waals surface area contributed by atoms with E-state index >= 15 is 0 Å². The van der Waals surface area contributed by atoms with Crippen LogP contribution in [-0.4, -0.2) is 29.8 Å². The molecule has 0 aromatic heterocycles. The van der Waals surface area contributed by atoms with Crippen LogP contribution in [0.1, 0.15) is 19.4 Å². The predicted octanol–water partition coefficient (Wildman–Crippen LogP) is 4.34. The molecule has 0 spiro atoms. The summed E-state index contributed by atoms with van der Waals surface area (Å²) in [4.78, 5) is 12.3. The maximum atomic E-state index is 12.3. The van der Waals surface area contributed by atoms with Crippen LogP contribution in [-0.2, 0) is 9.53 Å². The molecule has 2 aromatic carbocycles. The first kappa shape index (κ1) is 21.0. The third kappa shape index (κ3) is 7.07. The minimum absolute atomic E-state index is 0.250. The van der Waals surface area contributed by atoms with E-state index in [1.165, 1.54) is 5.56 Å². The molecule has 2 aromatic rings. The molecule has 0 heterocycles. The standard InChI is InChI=1S/C20H23ClN2O3S/c1-14-4-8-16(9-5-14)23-19(27)25-13-12-22-18(24)20(2,3)26-17-10-6-15(21)7-11-17/h4-11H,12-13H2,1-3H3,(H,22,24)(H,23,27). The molecule has 2 N–H and O–H groups in total. The summed E-state index contributed by atoms with van der Waals surface area (Å²) in [5.41, 5.74) is 0.986. The van der Waals surface area contributed by atoms with Gasteiger partial charge in [0.05, 0.1) is 6.54 Å². The summed E-state index contributed by atoms with van der Waals surface area (Å²) in [5.74, 6) is 0.317. The van der Waals surface area contributed by atoms with Crippen LogP contribution in [0.3, 0.4) is 0 Å². The number of ether oxygens (including phenoxy) is 2. The van der Waals surface area contributed by atoms with E-state index in [2.05, 4.69) is 10.6 Å². The average molecular weight is 407 g/mol. The van der Waals surface area contributed by atoms with E-state index in [0.717, 1.165) is 5.69 Å². The molecule has 0 saturated heterocycles. The molecule has 5 nitrogen and oxygen atoms in total. The molecule has 0 fully saturated rings. The quantitative estimate of drug-likeness (QED) is 0.529. The number of rotatable bonds is 7. The Bertz CT molecular complexity index is 777. The summed E-state index contributed by atoms with van der Waals surface area (Å²) in [7, 11) is 0. The minimum Gasteiger partial charge on any atom is -0.478 e. The summed E-state index contributed by atoms with van der Waals surface area (Å²) < 4.78 is 11.2. The molecule has 2 rings (SSSR count). The molecule has 0 saturated carbocycles. The average Bonchev–Trinajstić information content (AvgIpc) is 2.62. The van der Waals surface area contributed by atoms with E-state index in [1.54, 1.807) is 38.1 Å². The number of benzene rings is 2. The van der Waals surface area contributed by atoms with Crippen LogP contribution in [0.4, 0.5) is 5.69 Å². The molecule has 7 heteroatoms. The van der Waals surface area contributed by atoms with Gasteiger partial charge < -0.3 is 20.1 Å². The van der Waals surface area contributed by atoms with Crippen LogP contribution in [0, 0.1) is 6.92 Å². The highest BCUT2D eigenvalue weighted by molar-refractivity contribution is 7.80. The molecule has 0 aliphatic heterocycles. The molecular weight excluding hydrogens is 384 g/mol. The van der Waals surface area contributed by atoms with Gasteiger partial charge in [-0.1, -0.05) is 29.3 Å². The van der Waals surface area contributed by atoms with Crippen molar-refractivity contribution in [1.82, 2.24) is 5.32 Å². The van der Waals surface area contributed by atoms with Crippen molar-refractivity contribution in [2.75, 3.05) is 18.5 Å². The number of hydrogen-bond acceptors (Lipinski definition) is 4. The summed E-state index contributed by atoms with van der Waals surface area (Å²) in [5, 5.41) is 6.63. The van der Waals surface area contributed by atoms with Crippen molar-refractivity contribution in [2.24, 2.45) is 0 Å². The SMILES string of the molecule is Cc1ccc(NC(=S)OCCNC(=O)C(C)(C)Oc2ccc(Cl)cc2)cc1. The zero-order valence-corrected chi connectivity index (χ0v) is 17.1. The second-order valence-electron chi connectivity index (χ2n) is 6.45. The fourth-order valence-electron chi connectivity index (χ4n) is 2.16. The van der Waals surface area contributed by atoms with Gasteiger partial charge in [0, 0.05) is 10.7 Å². The number of carbonyl (C=O) groups is 1. The topological polar surface area (TPSA) is 59.6 Å². The lowest BCUT2D eigenvalue weighted by atomic mass is 10.1. The highest BCUT2D eigenvalue weighted by Gasteiger charge is 2.29. The first-order valence-corrected chi connectivity index (χ1v) is 9.28. The summed E-state index contributed by atoms with van der Waals surface area (Å²) in [6.07, 6.45) is 0. The lowest BCUT2D eigenvalue weighted by molar-refractivity contribution is -0.134. The lowest BCUT2D eigenvalue weighted by Gasteiger charge is -2.25. The molecule has 0 unspecified atom stereocenters.